The van der Waals surface area contributed by atoms with Gasteiger partial charge in [-0.3, -0.25) is 4.79 Å². The van der Waals surface area contributed by atoms with Crippen LogP contribution in [0.1, 0.15) is 17.3 Å². The lowest BCUT2D eigenvalue weighted by atomic mass is 10.2. The third kappa shape index (κ3) is 5.52. The number of nitrogens with zero attached hydrogens (tertiary/aromatic N) is 2. The highest BCUT2D eigenvalue weighted by Gasteiger charge is 2.15. The molecule has 0 saturated carbocycles. The molecule has 3 N–H and O–H groups in total. The number of esters is 1. The lowest BCUT2D eigenvalue weighted by Gasteiger charge is -2.21. The van der Waals surface area contributed by atoms with E-state index >= 15 is 0 Å². The van der Waals surface area contributed by atoms with Gasteiger partial charge in [-0.2, -0.15) is 5.26 Å². The van der Waals surface area contributed by atoms with Crippen molar-refractivity contribution in [3.63, 3.8) is 0 Å². The van der Waals surface area contributed by atoms with Crippen molar-refractivity contribution in [2.24, 2.45) is 0 Å². The minimum Gasteiger partial charge on any atom is -0.462 e. The predicted octanol–water partition coefficient (Wildman–Crippen LogP) is 4.63. The first kappa shape index (κ1) is 22.1. The number of ether oxygens (including phenoxy) is 1. The fraction of sp³-hybridized carbons (Fsp3) is 0.0800. The van der Waals surface area contributed by atoms with Gasteiger partial charge in [0.2, 0.25) is 0 Å². The Morgan fingerprint density at radius 3 is 2.22 bits per heavy atom. The zero-order chi connectivity index (χ0) is 22.9. The predicted molar refractivity (Wildman–Crippen MR) is 124 cm³/mol. The molecule has 32 heavy (non-hydrogen) atoms. The van der Waals surface area contributed by atoms with Gasteiger partial charge in [-0.15, -0.1) is 0 Å². The van der Waals surface area contributed by atoms with E-state index in [9.17, 15) is 14.9 Å². The van der Waals surface area contributed by atoms with E-state index in [2.05, 4.69) is 5.32 Å². The Kier molecular flexibility index (Phi) is 7.23. The van der Waals surface area contributed by atoms with Gasteiger partial charge in [-0.05, 0) is 67.6 Å². The Morgan fingerprint density at radius 2 is 1.62 bits per heavy atom. The van der Waals surface area contributed by atoms with Crippen LogP contribution in [0, 0.1) is 11.3 Å². The summed E-state index contributed by atoms with van der Waals surface area (Å²) in [6, 6.07) is 24.7. The van der Waals surface area contributed by atoms with Crippen molar-refractivity contribution < 1.29 is 14.3 Å². The quantitative estimate of drug-likeness (QED) is 0.247. The van der Waals surface area contributed by atoms with Gasteiger partial charge in [0.15, 0.2) is 0 Å². The van der Waals surface area contributed by atoms with Crippen LogP contribution in [0.25, 0.3) is 0 Å². The van der Waals surface area contributed by atoms with E-state index < -0.39 is 11.9 Å². The number of nitrogen functional groups attached to an aromatic ring is 1. The summed E-state index contributed by atoms with van der Waals surface area (Å²) in [7, 11) is 0. The Balaban J connectivity index is 1.86. The third-order valence-electron chi connectivity index (χ3n) is 4.48. The molecular formula is C25H22N4O3. The lowest BCUT2D eigenvalue weighted by Crippen LogP contribution is -2.18. The molecule has 0 aromatic heterocycles. The Hall–Kier alpha value is -4.57. The van der Waals surface area contributed by atoms with Gasteiger partial charge in [0.1, 0.15) is 11.6 Å². The highest BCUT2D eigenvalue weighted by atomic mass is 16.5. The minimum atomic E-state index is -0.576. The zero-order valence-corrected chi connectivity index (χ0v) is 17.5. The van der Waals surface area contributed by atoms with E-state index in [-0.39, 0.29) is 12.2 Å². The van der Waals surface area contributed by atoms with Gasteiger partial charge in [0.25, 0.3) is 5.91 Å². The Bertz CT molecular complexity index is 1150. The number of carbonyl (C=O) groups is 2. The summed E-state index contributed by atoms with van der Waals surface area (Å²) < 4.78 is 4.95. The summed E-state index contributed by atoms with van der Waals surface area (Å²) in [6.45, 7) is 2.00. The van der Waals surface area contributed by atoms with E-state index in [4.69, 9.17) is 10.5 Å². The van der Waals surface area contributed by atoms with Gasteiger partial charge in [-0.25, -0.2) is 4.79 Å². The molecule has 0 saturated heterocycles. The Labute approximate surface area is 186 Å². The van der Waals surface area contributed by atoms with Gasteiger partial charge in [0.05, 0.1) is 12.2 Å². The van der Waals surface area contributed by atoms with E-state index in [0.717, 1.165) is 11.4 Å². The van der Waals surface area contributed by atoms with Crippen molar-refractivity contribution in [2.45, 2.75) is 6.92 Å². The second-order valence-electron chi connectivity index (χ2n) is 6.70. The highest BCUT2D eigenvalue weighted by Crippen LogP contribution is 2.27. The molecule has 7 nitrogen and oxygen atoms in total. The molecule has 3 aromatic carbocycles. The van der Waals surface area contributed by atoms with Crippen LogP contribution < -0.4 is 16.0 Å². The summed E-state index contributed by atoms with van der Waals surface area (Å²) in [5.41, 5.74) is 8.64. The number of anilines is 4. The zero-order valence-electron chi connectivity index (χ0n) is 17.5. The molecule has 0 bridgehead atoms. The van der Waals surface area contributed by atoms with Gasteiger partial charge in [0, 0.05) is 28.9 Å². The molecule has 0 unspecified atom stereocenters. The molecule has 3 rings (SSSR count). The van der Waals surface area contributed by atoms with Crippen molar-refractivity contribution in [1.82, 2.24) is 0 Å². The van der Waals surface area contributed by atoms with E-state index in [1.165, 1.54) is 6.20 Å². The standard InChI is InChI=1S/C25H22N4O3/c1-2-32-25(31)18-8-12-21(13-9-18)28-24(30)19(16-26)17-29(22-6-4-3-5-7-22)23-14-10-20(27)11-15-23/h3-15,17H,2,27H2,1H3,(H,28,30)/b19-17-. The van der Waals surface area contributed by atoms with E-state index in [1.807, 2.05) is 36.4 Å². The number of hydrogen-bond acceptors (Lipinski definition) is 6. The van der Waals surface area contributed by atoms with Crippen molar-refractivity contribution >= 4 is 34.6 Å². The summed E-state index contributed by atoms with van der Waals surface area (Å²) in [5, 5.41) is 12.3. The maximum atomic E-state index is 12.8. The second kappa shape index (κ2) is 10.5. The van der Waals surface area contributed by atoms with Gasteiger partial charge in [-0.1, -0.05) is 18.2 Å². The number of nitrogens with one attached hydrogen (secondary N) is 1. The SMILES string of the molecule is CCOC(=O)c1ccc(NC(=O)/C(C#N)=C\N(c2ccccc2)c2ccc(N)cc2)cc1. The summed E-state index contributed by atoms with van der Waals surface area (Å²) in [4.78, 5) is 26.3. The molecule has 0 spiro atoms. The lowest BCUT2D eigenvalue weighted by molar-refractivity contribution is -0.112. The molecule has 7 heteroatoms. The third-order valence-corrected chi connectivity index (χ3v) is 4.48. The van der Waals surface area contributed by atoms with Crippen molar-refractivity contribution in [3.8, 4) is 6.07 Å². The average molecular weight is 426 g/mol. The van der Waals surface area contributed by atoms with Crippen LogP contribution in [-0.4, -0.2) is 18.5 Å². The number of amides is 1. The minimum absolute atomic E-state index is 0.0971. The van der Waals surface area contributed by atoms with Crippen LogP contribution in [-0.2, 0) is 9.53 Å². The molecule has 3 aromatic rings. The summed E-state index contributed by atoms with van der Waals surface area (Å²) >= 11 is 0. The number of benzene rings is 3. The Morgan fingerprint density at radius 1 is 1.00 bits per heavy atom. The van der Waals surface area contributed by atoms with Crippen LogP contribution in [0.5, 0.6) is 0 Å². The molecule has 0 aliphatic carbocycles. The van der Waals surface area contributed by atoms with Crippen LogP contribution in [0.2, 0.25) is 0 Å². The monoisotopic (exact) mass is 426 g/mol. The van der Waals surface area contributed by atoms with E-state index in [0.29, 0.717) is 16.9 Å². The summed E-state index contributed by atoms with van der Waals surface area (Å²) in [5.74, 6) is -1.02. The van der Waals surface area contributed by atoms with Gasteiger partial charge >= 0.3 is 5.97 Å². The van der Waals surface area contributed by atoms with Crippen LogP contribution in [0.3, 0.4) is 0 Å². The molecule has 0 radical (unpaired) electrons. The van der Waals surface area contributed by atoms with Crippen molar-refractivity contribution in [1.29, 1.82) is 5.26 Å². The van der Waals surface area contributed by atoms with Crippen molar-refractivity contribution in [3.05, 3.63) is 96.2 Å². The molecule has 0 fully saturated rings. The first-order valence-corrected chi connectivity index (χ1v) is 9.92. The smallest absolute Gasteiger partial charge is 0.338 e. The van der Waals surface area contributed by atoms with Crippen LogP contribution >= 0.6 is 0 Å². The number of rotatable bonds is 7. The number of carbonyl (C=O) groups excluding carboxylic acids is 2. The van der Waals surface area contributed by atoms with Gasteiger partial charge < -0.3 is 20.7 Å². The number of nitriles is 1. The summed E-state index contributed by atoms with van der Waals surface area (Å²) in [6.07, 6.45) is 1.48. The van der Waals surface area contributed by atoms with Crippen LogP contribution in [0.15, 0.2) is 90.6 Å². The topological polar surface area (TPSA) is 108 Å². The molecule has 0 aliphatic heterocycles. The maximum absolute atomic E-state index is 12.8. The van der Waals surface area contributed by atoms with Crippen molar-refractivity contribution in [2.75, 3.05) is 22.6 Å². The average Bonchev–Trinajstić information content (AvgIpc) is 2.82. The van der Waals surface area contributed by atoms with E-state index in [1.54, 1.807) is 60.4 Å². The second-order valence-corrected chi connectivity index (χ2v) is 6.70. The maximum Gasteiger partial charge on any atom is 0.338 e. The fourth-order valence-corrected chi connectivity index (χ4v) is 2.89. The highest BCUT2D eigenvalue weighted by molar-refractivity contribution is 6.07. The molecular weight excluding hydrogens is 404 g/mol. The largest absolute Gasteiger partial charge is 0.462 e. The van der Waals surface area contributed by atoms with Crippen LogP contribution in [0.4, 0.5) is 22.7 Å². The fourth-order valence-electron chi connectivity index (χ4n) is 2.89. The molecule has 0 aliphatic rings. The number of hydrogen-bond donors (Lipinski definition) is 2. The molecule has 0 heterocycles. The first-order chi connectivity index (χ1) is 15.5. The molecule has 0 atom stereocenters. The number of nitrogens with two attached hydrogens (primary N) is 1. The molecule has 160 valence electrons. The number of para-hydroxylation sites is 1. The normalized spacial score (nSPS) is 10.7. The first-order valence-electron chi connectivity index (χ1n) is 9.92. The molecule has 1 amide bonds.